The molecule has 0 saturated heterocycles. The largest absolute Gasteiger partial charge is 0.455 e. The molecular formula is C13H13NO2. The Balaban J connectivity index is 2.30. The van der Waals surface area contributed by atoms with Crippen LogP contribution in [0.4, 0.5) is 5.69 Å². The molecule has 0 aliphatic carbocycles. The molecular weight excluding hydrogens is 202 g/mol. The molecule has 2 aromatic rings. The first-order chi connectivity index (χ1) is 7.81. The Morgan fingerprint density at radius 2 is 1.56 bits per heavy atom. The first kappa shape index (κ1) is 10.5. The average Bonchev–Trinajstić information content (AvgIpc) is 2.33. The van der Waals surface area contributed by atoms with Crippen LogP contribution in [0.3, 0.4) is 0 Å². The summed E-state index contributed by atoms with van der Waals surface area (Å²) in [7, 11) is 0. The number of rotatable bonds is 3. The number of nitrogens with two attached hydrogens (primary N) is 1. The number of benzene rings is 2. The standard InChI is InChI=1S/C13H13NO2/c14-11-6-2-4-8-13(11)16-12-7-3-1-5-10(12)9-15/h1-8,15H,9,14H2. The van der Waals surface area contributed by atoms with E-state index in [0.29, 0.717) is 17.2 Å². The van der Waals surface area contributed by atoms with Crippen molar-refractivity contribution >= 4 is 5.69 Å². The molecule has 0 fully saturated rings. The predicted octanol–water partition coefficient (Wildman–Crippen LogP) is 2.55. The van der Waals surface area contributed by atoms with E-state index in [1.807, 2.05) is 30.3 Å². The molecule has 16 heavy (non-hydrogen) atoms. The molecule has 0 heterocycles. The fraction of sp³-hybridized carbons (Fsp3) is 0.0769. The lowest BCUT2D eigenvalue weighted by molar-refractivity contribution is 0.276. The van der Waals surface area contributed by atoms with Crippen molar-refractivity contribution in [1.82, 2.24) is 0 Å². The van der Waals surface area contributed by atoms with Crippen LogP contribution in [0.25, 0.3) is 0 Å². The summed E-state index contributed by atoms with van der Waals surface area (Å²) in [4.78, 5) is 0. The smallest absolute Gasteiger partial charge is 0.150 e. The molecule has 0 spiro atoms. The summed E-state index contributed by atoms with van der Waals surface area (Å²) >= 11 is 0. The van der Waals surface area contributed by atoms with Crippen LogP contribution in [0.15, 0.2) is 48.5 Å². The Labute approximate surface area is 94.1 Å². The summed E-state index contributed by atoms with van der Waals surface area (Å²) in [5, 5.41) is 9.15. The van der Waals surface area contributed by atoms with E-state index in [0.717, 1.165) is 5.56 Å². The van der Waals surface area contributed by atoms with Crippen LogP contribution < -0.4 is 10.5 Å². The molecule has 0 unspecified atom stereocenters. The van der Waals surface area contributed by atoms with E-state index in [-0.39, 0.29) is 6.61 Å². The molecule has 82 valence electrons. The van der Waals surface area contributed by atoms with Crippen molar-refractivity contribution < 1.29 is 9.84 Å². The van der Waals surface area contributed by atoms with Crippen LogP contribution in [0.2, 0.25) is 0 Å². The predicted molar refractivity (Wildman–Crippen MR) is 63.3 cm³/mol. The maximum absolute atomic E-state index is 9.15. The number of aliphatic hydroxyl groups is 1. The number of anilines is 1. The maximum atomic E-state index is 9.15. The molecule has 3 N–H and O–H groups in total. The van der Waals surface area contributed by atoms with Gasteiger partial charge in [-0.3, -0.25) is 0 Å². The second-order valence-corrected chi connectivity index (χ2v) is 3.41. The number of para-hydroxylation sites is 3. The van der Waals surface area contributed by atoms with Gasteiger partial charge in [-0.15, -0.1) is 0 Å². The third-order valence-corrected chi connectivity index (χ3v) is 2.28. The van der Waals surface area contributed by atoms with Crippen molar-refractivity contribution in [2.45, 2.75) is 6.61 Å². The van der Waals surface area contributed by atoms with Crippen molar-refractivity contribution in [3.63, 3.8) is 0 Å². The minimum atomic E-state index is -0.0527. The van der Waals surface area contributed by atoms with Gasteiger partial charge in [0.25, 0.3) is 0 Å². The van der Waals surface area contributed by atoms with Gasteiger partial charge in [-0.05, 0) is 18.2 Å². The van der Waals surface area contributed by atoms with Gasteiger partial charge < -0.3 is 15.6 Å². The summed E-state index contributed by atoms with van der Waals surface area (Å²) in [6.07, 6.45) is 0. The highest BCUT2D eigenvalue weighted by Gasteiger charge is 2.04. The number of aliphatic hydroxyl groups excluding tert-OH is 1. The van der Waals surface area contributed by atoms with Crippen LogP contribution in [0.5, 0.6) is 11.5 Å². The molecule has 0 radical (unpaired) electrons. The van der Waals surface area contributed by atoms with Crippen molar-refractivity contribution in [3.8, 4) is 11.5 Å². The summed E-state index contributed by atoms with van der Waals surface area (Å²) in [5.41, 5.74) is 7.09. The number of ether oxygens (including phenoxy) is 1. The quantitative estimate of drug-likeness (QED) is 0.773. The van der Waals surface area contributed by atoms with Gasteiger partial charge in [0.05, 0.1) is 12.3 Å². The highest BCUT2D eigenvalue weighted by Crippen LogP contribution is 2.29. The number of hydrogen-bond donors (Lipinski definition) is 2. The van der Waals surface area contributed by atoms with E-state index in [2.05, 4.69) is 0 Å². The van der Waals surface area contributed by atoms with Gasteiger partial charge in [0, 0.05) is 5.56 Å². The Morgan fingerprint density at radius 3 is 2.25 bits per heavy atom. The lowest BCUT2D eigenvalue weighted by Gasteiger charge is -2.10. The molecule has 3 nitrogen and oxygen atoms in total. The van der Waals surface area contributed by atoms with E-state index < -0.39 is 0 Å². The third kappa shape index (κ3) is 2.15. The van der Waals surface area contributed by atoms with Gasteiger partial charge in [-0.1, -0.05) is 30.3 Å². The van der Waals surface area contributed by atoms with E-state index in [1.54, 1.807) is 18.2 Å². The number of hydrogen-bond acceptors (Lipinski definition) is 3. The monoisotopic (exact) mass is 215 g/mol. The van der Waals surface area contributed by atoms with E-state index in [4.69, 9.17) is 15.6 Å². The van der Waals surface area contributed by atoms with Gasteiger partial charge >= 0.3 is 0 Å². The molecule has 3 heteroatoms. The third-order valence-electron chi connectivity index (χ3n) is 2.28. The minimum Gasteiger partial charge on any atom is -0.455 e. The normalized spacial score (nSPS) is 10.1. The van der Waals surface area contributed by atoms with Crippen molar-refractivity contribution in [2.24, 2.45) is 0 Å². The van der Waals surface area contributed by atoms with E-state index >= 15 is 0 Å². The molecule has 0 aliphatic heterocycles. The summed E-state index contributed by atoms with van der Waals surface area (Å²) < 4.78 is 5.65. The summed E-state index contributed by atoms with van der Waals surface area (Å²) in [6, 6.07) is 14.6. The van der Waals surface area contributed by atoms with Gasteiger partial charge in [-0.2, -0.15) is 0 Å². The maximum Gasteiger partial charge on any atom is 0.150 e. The van der Waals surface area contributed by atoms with Crippen LogP contribution in [0, 0.1) is 0 Å². The Morgan fingerprint density at radius 1 is 0.938 bits per heavy atom. The minimum absolute atomic E-state index is 0.0527. The van der Waals surface area contributed by atoms with Gasteiger partial charge in [0.1, 0.15) is 11.5 Å². The van der Waals surface area contributed by atoms with Gasteiger partial charge in [0.15, 0.2) is 0 Å². The number of nitrogen functional groups attached to an aromatic ring is 1. The summed E-state index contributed by atoms with van der Waals surface area (Å²) in [6.45, 7) is -0.0527. The molecule has 2 aromatic carbocycles. The van der Waals surface area contributed by atoms with Crippen LogP contribution >= 0.6 is 0 Å². The zero-order valence-electron chi connectivity index (χ0n) is 8.76. The second kappa shape index (κ2) is 4.68. The average molecular weight is 215 g/mol. The highest BCUT2D eigenvalue weighted by molar-refractivity contribution is 5.54. The second-order valence-electron chi connectivity index (χ2n) is 3.41. The van der Waals surface area contributed by atoms with Crippen LogP contribution in [0.1, 0.15) is 5.56 Å². The molecule has 0 aromatic heterocycles. The first-order valence-electron chi connectivity index (χ1n) is 5.02. The molecule has 0 atom stereocenters. The van der Waals surface area contributed by atoms with E-state index in [9.17, 15) is 0 Å². The van der Waals surface area contributed by atoms with Crippen molar-refractivity contribution in [1.29, 1.82) is 0 Å². The molecule has 0 bridgehead atoms. The SMILES string of the molecule is Nc1ccccc1Oc1ccccc1CO. The van der Waals surface area contributed by atoms with Gasteiger partial charge in [-0.25, -0.2) is 0 Å². The first-order valence-corrected chi connectivity index (χ1v) is 5.02. The lowest BCUT2D eigenvalue weighted by atomic mass is 10.2. The van der Waals surface area contributed by atoms with Crippen LogP contribution in [-0.4, -0.2) is 5.11 Å². The molecule has 2 rings (SSSR count). The fourth-order valence-electron chi connectivity index (χ4n) is 1.43. The molecule has 0 saturated carbocycles. The Bertz CT molecular complexity index is 483. The zero-order chi connectivity index (χ0) is 11.4. The Kier molecular flexibility index (Phi) is 3.08. The zero-order valence-corrected chi connectivity index (χ0v) is 8.76. The molecule has 0 aliphatic rings. The lowest BCUT2D eigenvalue weighted by Crippen LogP contribution is -1.94. The highest BCUT2D eigenvalue weighted by atomic mass is 16.5. The van der Waals surface area contributed by atoms with E-state index in [1.165, 1.54) is 0 Å². The topological polar surface area (TPSA) is 55.5 Å². The Hall–Kier alpha value is -2.00. The molecule has 0 amide bonds. The summed E-state index contributed by atoms with van der Waals surface area (Å²) in [5.74, 6) is 1.23. The van der Waals surface area contributed by atoms with Crippen molar-refractivity contribution in [3.05, 3.63) is 54.1 Å². The van der Waals surface area contributed by atoms with Gasteiger partial charge in [0.2, 0.25) is 0 Å². The fourth-order valence-corrected chi connectivity index (χ4v) is 1.43. The van der Waals surface area contributed by atoms with Crippen LogP contribution in [-0.2, 0) is 6.61 Å². The van der Waals surface area contributed by atoms with Crippen molar-refractivity contribution in [2.75, 3.05) is 5.73 Å².